The SMILES string of the molecule is C=C1C=CCC(C)(C)/C1=C(\C)CC(C)OC(C)=O. The number of rotatable bonds is 3. The van der Waals surface area contributed by atoms with Crippen molar-refractivity contribution >= 4 is 5.97 Å². The number of esters is 1. The second-order valence-corrected chi connectivity index (χ2v) is 5.80. The Kier molecular flexibility index (Phi) is 4.55. The van der Waals surface area contributed by atoms with Gasteiger partial charge in [0.15, 0.2) is 0 Å². The molecule has 0 spiro atoms. The van der Waals surface area contributed by atoms with Gasteiger partial charge in [-0.3, -0.25) is 4.79 Å². The highest BCUT2D eigenvalue weighted by Crippen LogP contribution is 2.41. The Morgan fingerprint density at radius 1 is 1.50 bits per heavy atom. The first-order chi connectivity index (χ1) is 8.24. The zero-order valence-electron chi connectivity index (χ0n) is 12.2. The summed E-state index contributed by atoms with van der Waals surface area (Å²) in [6.07, 6.45) is 5.98. The largest absolute Gasteiger partial charge is 0.463 e. The van der Waals surface area contributed by atoms with Gasteiger partial charge in [-0.1, -0.05) is 38.2 Å². The second kappa shape index (κ2) is 5.55. The molecule has 0 aromatic rings. The highest BCUT2D eigenvalue weighted by Gasteiger charge is 2.28. The lowest BCUT2D eigenvalue weighted by Gasteiger charge is -2.33. The zero-order chi connectivity index (χ0) is 13.9. The zero-order valence-corrected chi connectivity index (χ0v) is 12.2. The van der Waals surface area contributed by atoms with E-state index >= 15 is 0 Å². The van der Waals surface area contributed by atoms with E-state index < -0.39 is 0 Å². The van der Waals surface area contributed by atoms with Crippen LogP contribution < -0.4 is 0 Å². The summed E-state index contributed by atoms with van der Waals surface area (Å²) in [4.78, 5) is 10.9. The van der Waals surface area contributed by atoms with Crippen LogP contribution in [0.25, 0.3) is 0 Å². The first-order valence-electron chi connectivity index (χ1n) is 6.47. The molecule has 1 aliphatic carbocycles. The van der Waals surface area contributed by atoms with Crippen molar-refractivity contribution in [2.24, 2.45) is 5.41 Å². The Hall–Kier alpha value is -1.31. The lowest BCUT2D eigenvalue weighted by molar-refractivity contribution is -0.145. The lowest BCUT2D eigenvalue weighted by atomic mass is 9.72. The summed E-state index contributed by atoms with van der Waals surface area (Å²) >= 11 is 0. The van der Waals surface area contributed by atoms with E-state index in [1.165, 1.54) is 18.1 Å². The highest BCUT2D eigenvalue weighted by atomic mass is 16.5. The molecule has 0 fully saturated rings. The number of hydrogen-bond donors (Lipinski definition) is 0. The summed E-state index contributed by atoms with van der Waals surface area (Å²) in [7, 11) is 0. The third kappa shape index (κ3) is 3.59. The maximum absolute atomic E-state index is 10.9. The van der Waals surface area contributed by atoms with E-state index in [4.69, 9.17) is 4.74 Å². The van der Waals surface area contributed by atoms with Crippen LogP contribution in [-0.4, -0.2) is 12.1 Å². The van der Waals surface area contributed by atoms with Crippen LogP contribution in [0.3, 0.4) is 0 Å². The summed E-state index contributed by atoms with van der Waals surface area (Å²) in [6.45, 7) is 14.1. The number of allylic oxidation sites excluding steroid dienone is 4. The molecule has 1 aliphatic rings. The molecule has 0 amide bonds. The molecule has 2 nitrogen and oxygen atoms in total. The van der Waals surface area contributed by atoms with Gasteiger partial charge in [-0.05, 0) is 36.8 Å². The van der Waals surface area contributed by atoms with Crippen molar-refractivity contribution < 1.29 is 9.53 Å². The minimum atomic E-state index is -0.220. The van der Waals surface area contributed by atoms with Crippen molar-refractivity contribution in [3.8, 4) is 0 Å². The molecule has 0 radical (unpaired) electrons. The van der Waals surface area contributed by atoms with Gasteiger partial charge in [0.2, 0.25) is 0 Å². The van der Waals surface area contributed by atoms with E-state index in [-0.39, 0.29) is 17.5 Å². The molecule has 0 aromatic carbocycles. The van der Waals surface area contributed by atoms with Gasteiger partial charge < -0.3 is 4.74 Å². The van der Waals surface area contributed by atoms with Crippen molar-refractivity contribution in [1.29, 1.82) is 0 Å². The molecule has 0 aliphatic heterocycles. The molecule has 1 unspecified atom stereocenters. The van der Waals surface area contributed by atoms with Gasteiger partial charge in [-0.2, -0.15) is 0 Å². The molecule has 0 aromatic heterocycles. The van der Waals surface area contributed by atoms with Gasteiger partial charge in [0.05, 0.1) is 0 Å². The van der Waals surface area contributed by atoms with Crippen molar-refractivity contribution in [2.75, 3.05) is 0 Å². The van der Waals surface area contributed by atoms with Gasteiger partial charge >= 0.3 is 5.97 Å². The smallest absolute Gasteiger partial charge is 0.302 e. The van der Waals surface area contributed by atoms with E-state index in [0.717, 1.165) is 18.4 Å². The molecule has 0 bridgehead atoms. The van der Waals surface area contributed by atoms with Crippen LogP contribution in [0.4, 0.5) is 0 Å². The lowest BCUT2D eigenvalue weighted by Crippen LogP contribution is -2.21. The van der Waals surface area contributed by atoms with E-state index in [1.807, 2.05) is 6.92 Å². The van der Waals surface area contributed by atoms with Gasteiger partial charge in [0, 0.05) is 13.3 Å². The summed E-state index contributed by atoms with van der Waals surface area (Å²) in [5, 5.41) is 0. The van der Waals surface area contributed by atoms with Crippen LogP contribution in [0.5, 0.6) is 0 Å². The summed E-state index contributed by atoms with van der Waals surface area (Å²) in [5.41, 5.74) is 3.78. The van der Waals surface area contributed by atoms with Crippen molar-refractivity contribution in [2.45, 2.75) is 53.6 Å². The average Bonchev–Trinajstić information content (AvgIpc) is 2.13. The molecule has 0 heterocycles. The molecule has 0 saturated carbocycles. The first kappa shape index (κ1) is 14.7. The molecule has 2 heteroatoms. The maximum Gasteiger partial charge on any atom is 0.302 e. The second-order valence-electron chi connectivity index (χ2n) is 5.80. The molecule has 0 N–H and O–H groups in total. The Labute approximate surface area is 110 Å². The molecule has 0 saturated heterocycles. The Morgan fingerprint density at radius 3 is 2.61 bits per heavy atom. The van der Waals surface area contributed by atoms with Gasteiger partial charge in [-0.15, -0.1) is 0 Å². The molecule has 100 valence electrons. The number of carbonyl (C=O) groups is 1. The summed E-state index contributed by atoms with van der Waals surface area (Å²) in [6, 6.07) is 0. The highest BCUT2D eigenvalue weighted by molar-refractivity contribution is 5.66. The predicted octanol–water partition coefficient (Wildman–Crippen LogP) is 4.19. The standard InChI is InChI=1S/C16H24O2/c1-11-8-7-9-16(5,6)15(11)12(2)10-13(3)18-14(4)17/h7-8,13H,1,9-10H2,2-6H3/b15-12+. The fourth-order valence-electron chi connectivity index (χ4n) is 2.83. The number of ether oxygens (including phenoxy) is 1. The van der Waals surface area contributed by atoms with Crippen LogP contribution in [0.2, 0.25) is 0 Å². The van der Waals surface area contributed by atoms with Crippen molar-refractivity contribution in [1.82, 2.24) is 0 Å². The monoisotopic (exact) mass is 248 g/mol. The first-order valence-corrected chi connectivity index (χ1v) is 6.47. The normalized spacial score (nSPS) is 22.6. The maximum atomic E-state index is 10.9. The van der Waals surface area contributed by atoms with E-state index in [1.54, 1.807) is 0 Å². The molecular formula is C16H24O2. The van der Waals surface area contributed by atoms with Gasteiger partial charge in [0.25, 0.3) is 0 Å². The van der Waals surface area contributed by atoms with Crippen LogP contribution in [0, 0.1) is 5.41 Å². The van der Waals surface area contributed by atoms with Crippen LogP contribution in [0.1, 0.15) is 47.5 Å². The van der Waals surface area contributed by atoms with Crippen molar-refractivity contribution in [3.05, 3.63) is 35.5 Å². The topological polar surface area (TPSA) is 26.3 Å². The number of hydrogen-bond acceptors (Lipinski definition) is 2. The van der Waals surface area contributed by atoms with Gasteiger partial charge in [-0.25, -0.2) is 0 Å². The molecule has 1 atom stereocenters. The van der Waals surface area contributed by atoms with Crippen LogP contribution in [0.15, 0.2) is 35.5 Å². The van der Waals surface area contributed by atoms with E-state index in [9.17, 15) is 4.79 Å². The molecule has 18 heavy (non-hydrogen) atoms. The quantitative estimate of drug-likeness (QED) is 0.700. The minimum absolute atomic E-state index is 0.0792. The van der Waals surface area contributed by atoms with Crippen LogP contribution in [-0.2, 0) is 9.53 Å². The van der Waals surface area contributed by atoms with Crippen LogP contribution >= 0.6 is 0 Å². The molecular weight excluding hydrogens is 224 g/mol. The van der Waals surface area contributed by atoms with Gasteiger partial charge in [0.1, 0.15) is 6.10 Å². The average molecular weight is 248 g/mol. The third-order valence-electron chi connectivity index (χ3n) is 3.33. The minimum Gasteiger partial charge on any atom is -0.463 e. The Bertz CT molecular complexity index is 411. The Balaban J connectivity index is 2.92. The van der Waals surface area contributed by atoms with E-state index in [2.05, 4.69) is 39.5 Å². The molecule has 1 rings (SSSR count). The van der Waals surface area contributed by atoms with Crippen molar-refractivity contribution in [3.63, 3.8) is 0 Å². The summed E-state index contributed by atoms with van der Waals surface area (Å²) < 4.78 is 5.19. The fourth-order valence-corrected chi connectivity index (χ4v) is 2.83. The fraction of sp³-hybridized carbons (Fsp3) is 0.562. The predicted molar refractivity (Wildman–Crippen MR) is 75.2 cm³/mol. The van der Waals surface area contributed by atoms with E-state index in [0.29, 0.717) is 0 Å². The summed E-state index contributed by atoms with van der Waals surface area (Å²) in [5.74, 6) is -0.220. The third-order valence-corrected chi connectivity index (χ3v) is 3.33. The number of carbonyl (C=O) groups excluding carboxylic acids is 1. The Morgan fingerprint density at radius 2 is 2.11 bits per heavy atom.